The molecule has 0 aliphatic carbocycles. The van der Waals surface area contributed by atoms with Gasteiger partial charge in [0, 0.05) is 25.2 Å². The van der Waals surface area contributed by atoms with Crippen molar-refractivity contribution in [3.05, 3.63) is 0 Å². The van der Waals surface area contributed by atoms with Gasteiger partial charge in [0.1, 0.15) is 0 Å². The summed E-state index contributed by atoms with van der Waals surface area (Å²) in [5.74, 6) is 5.26. The first-order valence-electron chi connectivity index (χ1n) is 4.95. The van der Waals surface area contributed by atoms with Crippen molar-refractivity contribution in [3.63, 3.8) is 0 Å². The summed E-state index contributed by atoms with van der Waals surface area (Å²) < 4.78 is 0. The lowest BCUT2D eigenvalue weighted by molar-refractivity contribution is 0.105. The van der Waals surface area contributed by atoms with E-state index in [2.05, 4.69) is 24.2 Å². The van der Waals surface area contributed by atoms with Gasteiger partial charge >= 0.3 is 0 Å². The van der Waals surface area contributed by atoms with Crippen LogP contribution < -0.4 is 11.3 Å². The number of nitrogens with zero attached hydrogens (tertiary/aromatic N) is 1. The van der Waals surface area contributed by atoms with Crippen LogP contribution in [0.4, 0.5) is 0 Å². The maximum absolute atomic E-state index is 5.26. The van der Waals surface area contributed by atoms with Crippen LogP contribution in [0, 0.1) is 0 Å². The molecule has 3 heteroatoms. The molecule has 1 aliphatic rings. The van der Waals surface area contributed by atoms with E-state index in [0.29, 0.717) is 0 Å². The van der Waals surface area contributed by atoms with Crippen LogP contribution in [0.1, 0.15) is 33.1 Å². The Morgan fingerprint density at radius 1 is 1.33 bits per heavy atom. The summed E-state index contributed by atoms with van der Waals surface area (Å²) in [7, 11) is 0. The normalized spacial score (nSPS) is 32.2. The highest BCUT2D eigenvalue weighted by Crippen LogP contribution is 2.21. The number of hydrogen-bond acceptors (Lipinski definition) is 3. The van der Waals surface area contributed by atoms with Gasteiger partial charge in [-0.3, -0.25) is 16.2 Å². The summed E-state index contributed by atoms with van der Waals surface area (Å²) in [5.41, 5.74) is 2.71. The van der Waals surface area contributed by atoms with Crippen molar-refractivity contribution in [2.24, 2.45) is 5.84 Å². The average molecular weight is 171 g/mol. The van der Waals surface area contributed by atoms with Gasteiger partial charge in [-0.1, -0.05) is 6.42 Å². The highest BCUT2D eigenvalue weighted by molar-refractivity contribution is 4.79. The van der Waals surface area contributed by atoms with E-state index < -0.39 is 0 Å². The second-order valence-corrected chi connectivity index (χ2v) is 3.82. The summed E-state index contributed by atoms with van der Waals surface area (Å²) in [4.78, 5) is 2.54. The van der Waals surface area contributed by atoms with Crippen molar-refractivity contribution < 1.29 is 0 Å². The molecule has 0 aromatic heterocycles. The number of hydrogen-bond donors (Lipinski definition) is 2. The third-order valence-corrected chi connectivity index (χ3v) is 2.89. The highest BCUT2D eigenvalue weighted by atomic mass is 15.3. The first-order chi connectivity index (χ1) is 5.75. The van der Waals surface area contributed by atoms with Gasteiger partial charge in [0.2, 0.25) is 0 Å². The van der Waals surface area contributed by atoms with Gasteiger partial charge in [-0.15, -0.1) is 0 Å². The topological polar surface area (TPSA) is 41.3 Å². The predicted octanol–water partition coefficient (Wildman–Crippen LogP) is 0.713. The monoisotopic (exact) mass is 171 g/mol. The Balaban J connectivity index is 2.34. The lowest BCUT2D eigenvalue weighted by Crippen LogP contribution is -2.47. The van der Waals surface area contributed by atoms with Gasteiger partial charge in [-0.25, -0.2) is 0 Å². The van der Waals surface area contributed by atoms with Gasteiger partial charge in [-0.05, 0) is 26.7 Å². The molecular weight excluding hydrogens is 150 g/mol. The van der Waals surface area contributed by atoms with E-state index in [1.807, 2.05) is 0 Å². The molecule has 0 unspecified atom stereocenters. The molecule has 0 bridgehead atoms. The summed E-state index contributed by atoms with van der Waals surface area (Å²) >= 11 is 0. The van der Waals surface area contributed by atoms with Crippen molar-refractivity contribution in [2.75, 3.05) is 13.1 Å². The van der Waals surface area contributed by atoms with Crippen molar-refractivity contribution in [3.8, 4) is 0 Å². The minimum Gasteiger partial charge on any atom is -0.297 e. The molecule has 3 nitrogen and oxygen atoms in total. The summed E-state index contributed by atoms with van der Waals surface area (Å²) in [6.07, 6.45) is 4.07. The van der Waals surface area contributed by atoms with Gasteiger partial charge in [0.15, 0.2) is 0 Å². The van der Waals surface area contributed by atoms with Gasteiger partial charge in [0.05, 0.1) is 0 Å². The number of piperidine rings is 1. The quantitative estimate of drug-likeness (QED) is 0.485. The minimum absolute atomic E-state index is 0.738. The van der Waals surface area contributed by atoms with E-state index in [-0.39, 0.29) is 0 Å². The predicted molar refractivity (Wildman–Crippen MR) is 51.7 cm³/mol. The highest BCUT2D eigenvalue weighted by Gasteiger charge is 2.23. The maximum atomic E-state index is 5.26. The number of nitrogens with one attached hydrogen (secondary N) is 1. The largest absolute Gasteiger partial charge is 0.297 e. The van der Waals surface area contributed by atoms with E-state index in [4.69, 9.17) is 5.84 Å². The fraction of sp³-hybridized carbons (Fsp3) is 1.00. The molecule has 0 amide bonds. The zero-order valence-electron chi connectivity index (χ0n) is 8.21. The van der Waals surface area contributed by atoms with Crippen molar-refractivity contribution in [2.45, 2.75) is 45.2 Å². The molecule has 0 radical (unpaired) electrons. The molecule has 0 saturated carbocycles. The molecule has 0 spiro atoms. The molecule has 0 aromatic rings. The SMILES string of the molecule is C[C@@H]1CCC[C@@H](C)N1CCNN. The lowest BCUT2D eigenvalue weighted by Gasteiger charge is -2.38. The Kier molecular flexibility index (Phi) is 3.98. The Morgan fingerprint density at radius 2 is 1.92 bits per heavy atom. The first-order valence-corrected chi connectivity index (χ1v) is 4.95. The first kappa shape index (κ1) is 9.96. The fourth-order valence-electron chi connectivity index (χ4n) is 2.11. The van der Waals surface area contributed by atoms with Crippen molar-refractivity contribution in [1.82, 2.24) is 10.3 Å². The molecule has 1 fully saturated rings. The fourth-order valence-corrected chi connectivity index (χ4v) is 2.11. The van der Waals surface area contributed by atoms with Crippen LogP contribution in [0.25, 0.3) is 0 Å². The number of nitrogens with two attached hydrogens (primary N) is 1. The molecule has 1 heterocycles. The van der Waals surface area contributed by atoms with Crippen LogP contribution in [0.3, 0.4) is 0 Å². The molecule has 1 rings (SSSR count). The third kappa shape index (κ3) is 2.44. The second-order valence-electron chi connectivity index (χ2n) is 3.82. The van der Waals surface area contributed by atoms with Crippen molar-refractivity contribution in [1.29, 1.82) is 0 Å². The van der Waals surface area contributed by atoms with Crippen molar-refractivity contribution >= 4 is 0 Å². The summed E-state index contributed by atoms with van der Waals surface area (Å²) in [5, 5.41) is 0. The van der Waals surface area contributed by atoms with E-state index in [1.54, 1.807) is 0 Å². The standard InChI is InChI=1S/C9H21N3/c1-8-4-3-5-9(2)12(8)7-6-11-10/h8-9,11H,3-7,10H2,1-2H3/t8-,9-/m1/s1. The van der Waals surface area contributed by atoms with E-state index >= 15 is 0 Å². The zero-order chi connectivity index (χ0) is 8.97. The van der Waals surface area contributed by atoms with Crippen LogP contribution in [-0.4, -0.2) is 30.1 Å². The van der Waals surface area contributed by atoms with E-state index in [0.717, 1.165) is 25.2 Å². The third-order valence-electron chi connectivity index (χ3n) is 2.89. The summed E-state index contributed by atoms with van der Waals surface area (Å²) in [6.45, 7) is 6.60. The molecule has 0 aromatic carbocycles. The Bertz CT molecular complexity index is 117. The van der Waals surface area contributed by atoms with E-state index in [1.165, 1.54) is 19.3 Å². The number of likely N-dealkylation sites (tertiary alicyclic amines) is 1. The second kappa shape index (κ2) is 4.80. The van der Waals surface area contributed by atoms with E-state index in [9.17, 15) is 0 Å². The van der Waals surface area contributed by atoms with Gasteiger partial charge < -0.3 is 0 Å². The molecule has 3 N–H and O–H groups in total. The lowest BCUT2D eigenvalue weighted by atomic mass is 9.98. The molecule has 2 atom stereocenters. The van der Waals surface area contributed by atoms with Gasteiger partial charge in [0.25, 0.3) is 0 Å². The van der Waals surface area contributed by atoms with Crippen LogP contribution >= 0.6 is 0 Å². The smallest absolute Gasteiger partial charge is 0.0225 e. The molecule has 1 aliphatic heterocycles. The van der Waals surface area contributed by atoms with Crippen LogP contribution in [0.2, 0.25) is 0 Å². The maximum Gasteiger partial charge on any atom is 0.0225 e. The van der Waals surface area contributed by atoms with Crippen LogP contribution in [0.15, 0.2) is 0 Å². The number of rotatable bonds is 3. The average Bonchev–Trinajstić information content (AvgIpc) is 2.04. The minimum atomic E-state index is 0.738. The Hall–Kier alpha value is -0.120. The molecule has 1 saturated heterocycles. The zero-order valence-corrected chi connectivity index (χ0v) is 8.21. The summed E-state index contributed by atoms with van der Waals surface area (Å²) in [6, 6.07) is 1.48. The van der Waals surface area contributed by atoms with Crippen LogP contribution in [-0.2, 0) is 0 Å². The van der Waals surface area contributed by atoms with Crippen LogP contribution in [0.5, 0.6) is 0 Å². The molecule has 72 valence electrons. The molecular formula is C9H21N3. The Morgan fingerprint density at radius 3 is 2.42 bits per heavy atom. The number of hydrazine groups is 1. The Labute approximate surface area is 75.3 Å². The van der Waals surface area contributed by atoms with Gasteiger partial charge in [-0.2, -0.15) is 0 Å². The molecule has 12 heavy (non-hydrogen) atoms.